The average Bonchev–Trinajstić information content (AvgIpc) is 2.86. The van der Waals surface area contributed by atoms with Gasteiger partial charge in [0.1, 0.15) is 0 Å². The van der Waals surface area contributed by atoms with E-state index in [1.54, 1.807) is 0 Å². The van der Waals surface area contributed by atoms with Crippen molar-refractivity contribution in [1.82, 2.24) is 9.78 Å². The summed E-state index contributed by atoms with van der Waals surface area (Å²) in [6.45, 7) is 6.62. The second-order valence-corrected chi connectivity index (χ2v) is 6.77. The number of rotatable bonds is 3. The molecule has 0 fully saturated rings. The average molecular weight is 308 g/mol. The molecule has 2 aromatic carbocycles. The maximum atomic E-state index is 15.1. The first-order valence-electron chi connectivity index (χ1n) is 7.83. The predicted octanol–water partition coefficient (Wildman–Crippen LogP) is 5.04. The summed E-state index contributed by atoms with van der Waals surface area (Å²) in [5.74, 6) is -0.273. The van der Waals surface area contributed by atoms with Crippen LogP contribution in [0.1, 0.15) is 32.0 Å². The molecule has 1 heterocycles. The van der Waals surface area contributed by atoms with E-state index in [0.717, 1.165) is 16.8 Å². The van der Waals surface area contributed by atoms with Crippen molar-refractivity contribution in [3.8, 4) is 11.1 Å². The summed E-state index contributed by atoms with van der Waals surface area (Å²) >= 11 is 0. The van der Waals surface area contributed by atoms with Crippen LogP contribution in [-0.2, 0) is 12.0 Å². The van der Waals surface area contributed by atoms with Gasteiger partial charge in [0.05, 0.1) is 17.8 Å². The van der Waals surface area contributed by atoms with Crippen LogP contribution in [0.15, 0.2) is 60.7 Å². The van der Waals surface area contributed by atoms with Crippen LogP contribution in [0.2, 0.25) is 0 Å². The van der Waals surface area contributed by atoms with Crippen molar-refractivity contribution >= 4 is 0 Å². The summed E-state index contributed by atoms with van der Waals surface area (Å²) in [5, 5.41) is 4.59. The van der Waals surface area contributed by atoms with Crippen LogP contribution in [0.3, 0.4) is 0 Å². The van der Waals surface area contributed by atoms with E-state index in [9.17, 15) is 0 Å². The first-order valence-corrected chi connectivity index (χ1v) is 7.83. The molecule has 0 aliphatic heterocycles. The van der Waals surface area contributed by atoms with Crippen molar-refractivity contribution in [2.45, 2.75) is 32.7 Å². The van der Waals surface area contributed by atoms with Gasteiger partial charge in [-0.2, -0.15) is 9.49 Å². The van der Waals surface area contributed by atoms with Crippen molar-refractivity contribution in [3.05, 3.63) is 77.9 Å². The fourth-order valence-electron chi connectivity index (χ4n) is 2.69. The molecule has 0 radical (unpaired) electrons. The summed E-state index contributed by atoms with van der Waals surface area (Å²) in [5.41, 5.74) is 3.07. The lowest BCUT2D eigenvalue weighted by Crippen LogP contribution is -2.14. The molecule has 0 saturated heterocycles. The quantitative estimate of drug-likeness (QED) is 0.663. The monoisotopic (exact) mass is 308 g/mol. The van der Waals surface area contributed by atoms with Gasteiger partial charge in [-0.05, 0) is 11.1 Å². The molecule has 2 nitrogen and oxygen atoms in total. The molecule has 3 rings (SSSR count). The second-order valence-electron chi connectivity index (χ2n) is 6.77. The van der Waals surface area contributed by atoms with Crippen molar-refractivity contribution in [2.75, 3.05) is 0 Å². The third-order valence-electron chi connectivity index (χ3n) is 3.84. The fraction of sp³-hybridized carbons (Fsp3) is 0.250. The molecular formula is C20H21FN2. The van der Waals surface area contributed by atoms with E-state index in [2.05, 4.69) is 25.9 Å². The SMILES string of the molecule is CC(C)(C)c1nn(Cc2ccccc2)c(F)c1-c1ccccc1. The highest BCUT2D eigenvalue weighted by atomic mass is 19.1. The van der Waals surface area contributed by atoms with Crippen LogP contribution in [0.4, 0.5) is 4.39 Å². The smallest absolute Gasteiger partial charge is 0.219 e. The van der Waals surface area contributed by atoms with Crippen LogP contribution in [0.25, 0.3) is 11.1 Å². The summed E-state index contributed by atoms with van der Waals surface area (Å²) in [7, 11) is 0. The van der Waals surface area contributed by atoms with E-state index in [0.29, 0.717) is 12.1 Å². The van der Waals surface area contributed by atoms with Crippen LogP contribution < -0.4 is 0 Å². The lowest BCUT2D eigenvalue weighted by atomic mass is 9.87. The minimum absolute atomic E-state index is 0.228. The van der Waals surface area contributed by atoms with Crippen LogP contribution in [0.5, 0.6) is 0 Å². The summed E-state index contributed by atoms with van der Waals surface area (Å²) in [6, 6.07) is 19.5. The molecule has 0 spiro atoms. The standard InChI is InChI=1S/C20H21FN2/c1-20(2,3)18-17(16-12-8-5-9-13-16)19(21)23(22-18)14-15-10-6-4-7-11-15/h4-13H,14H2,1-3H3. The molecule has 3 heteroatoms. The molecule has 0 unspecified atom stereocenters. The zero-order chi connectivity index (χ0) is 16.4. The first-order chi connectivity index (χ1) is 11.0. The number of benzene rings is 2. The maximum Gasteiger partial charge on any atom is 0.219 e. The van der Waals surface area contributed by atoms with Crippen LogP contribution >= 0.6 is 0 Å². The molecule has 3 aromatic rings. The Morgan fingerprint density at radius 1 is 0.913 bits per heavy atom. The largest absolute Gasteiger partial charge is 0.234 e. The molecule has 0 saturated carbocycles. The minimum atomic E-state index is -0.273. The Hall–Kier alpha value is -2.42. The number of nitrogens with zero attached hydrogens (tertiary/aromatic N) is 2. The van der Waals surface area contributed by atoms with Gasteiger partial charge >= 0.3 is 0 Å². The van der Waals surface area contributed by atoms with E-state index < -0.39 is 0 Å². The molecule has 0 amide bonds. The Labute approximate surface area is 136 Å². The van der Waals surface area contributed by atoms with E-state index in [1.165, 1.54) is 4.68 Å². The summed E-state index contributed by atoms with van der Waals surface area (Å²) in [6.07, 6.45) is 0. The normalized spacial score (nSPS) is 11.7. The highest BCUT2D eigenvalue weighted by molar-refractivity contribution is 5.67. The van der Waals surface area contributed by atoms with Crippen molar-refractivity contribution in [2.24, 2.45) is 0 Å². The van der Waals surface area contributed by atoms with E-state index in [1.807, 2.05) is 60.7 Å². The second kappa shape index (κ2) is 5.99. The zero-order valence-corrected chi connectivity index (χ0v) is 13.8. The van der Waals surface area contributed by atoms with E-state index >= 15 is 4.39 Å². The third kappa shape index (κ3) is 3.19. The van der Waals surface area contributed by atoms with Gasteiger partial charge < -0.3 is 0 Å². The number of hydrogen-bond acceptors (Lipinski definition) is 1. The van der Waals surface area contributed by atoms with Crippen LogP contribution in [-0.4, -0.2) is 9.78 Å². The minimum Gasteiger partial charge on any atom is -0.234 e. The molecule has 0 bridgehead atoms. The topological polar surface area (TPSA) is 17.8 Å². The maximum absolute atomic E-state index is 15.1. The Morgan fingerprint density at radius 2 is 1.48 bits per heavy atom. The predicted molar refractivity (Wildman–Crippen MR) is 91.9 cm³/mol. The lowest BCUT2D eigenvalue weighted by Gasteiger charge is -2.17. The molecule has 118 valence electrons. The Balaban J connectivity index is 2.11. The molecule has 0 aliphatic carbocycles. The van der Waals surface area contributed by atoms with Gasteiger partial charge in [0.15, 0.2) is 0 Å². The number of halogens is 1. The van der Waals surface area contributed by atoms with Crippen molar-refractivity contribution < 1.29 is 4.39 Å². The van der Waals surface area contributed by atoms with Gasteiger partial charge in [-0.25, -0.2) is 4.68 Å². The third-order valence-corrected chi connectivity index (χ3v) is 3.84. The highest BCUT2D eigenvalue weighted by Crippen LogP contribution is 2.34. The van der Waals surface area contributed by atoms with Gasteiger partial charge in [-0.1, -0.05) is 81.4 Å². The number of hydrogen-bond donors (Lipinski definition) is 0. The van der Waals surface area contributed by atoms with Gasteiger partial charge in [0.25, 0.3) is 0 Å². The molecule has 0 N–H and O–H groups in total. The van der Waals surface area contributed by atoms with Gasteiger partial charge in [0, 0.05) is 5.41 Å². The Bertz CT molecular complexity index is 784. The van der Waals surface area contributed by atoms with Gasteiger partial charge in [-0.15, -0.1) is 0 Å². The van der Waals surface area contributed by atoms with Crippen LogP contribution in [0, 0.1) is 5.95 Å². The zero-order valence-electron chi connectivity index (χ0n) is 13.8. The Kier molecular flexibility index (Phi) is 4.03. The molecular weight excluding hydrogens is 287 g/mol. The number of aromatic nitrogens is 2. The Morgan fingerprint density at radius 3 is 2.04 bits per heavy atom. The van der Waals surface area contributed by atoms with E-state index in [-0.39, 0.29) is 11.4 Å². The van der Waals surface area contributed by atoms with Crippen molar-refractivity contribution in [3.63, 3.8) is 0 Å². The van der Waals surface area contributed by atoms with Gasteiger partial charge in [0.2, 0.25) is 5.95 Å². The summed E-state index contributed by atoms with van der Waals surface area (Å²) in [4.78, 5) is 0. The highest BCUT2D eigenvalue weighted by Gasteiger charge is 2.27. The lowest BCUT2D eigenvalue weighted by molar-refractivity contribution is 0.474. The van der Waals surface area contributed by atoms with E-state index in [4.69, 9.17) is 0 Å². The molecule has 0 atom stereocenters. The fourth-order valence-corrected chi connectivity index (χ4v) is 2.69. The summed E-state index contributed by atoms with van der Waals surface area (Å²) < 4.78 is 16.6. The first kappa shape index (κ1) is 15.5. The van der Waals surface area contributed by atoms with Gasteiger partial charge in [-0.3, -0.25) is 0 Å². The van der Waals surface area contributed by atoms with Crippen molar-refractivity contribution in [1.29, 1.82) is 0 Å². The molecule has 0 aliphatic rings. The molecule has 23 heavy (non-hydrogen) atoms. The molecule has 1 aromatic heterocycles.